The topological polar surface area (TPSA) is 12.0 Å². The van der Waals surface area contributed by atoms with Gasteiger partial charge in [0.1, 0.15) is 5.82 Å². The third kappa shape index (κ3) is 4.40. The van der Waals surface area contributed by atoms with Gasteiger partial charge < -0.3 is 5.32 Å². The van der Waals surface area contributed by atoms with Gasteiger partial charge in [0.2, 0.25) is 0 Å². The SMILES string of the molecule is CC(C)C(Cl)CNCc1ccc(Br)cc1F. The van der Waals surface area contributed by atoms with Crippen LogP contribution in [0.3, 0.4) is 0 Å². The second-order valence-corrected chi connectivity index (χ2v) is 5.60. The molecule has 0 heterocycles. The van der Waals surface area contributed by atoms with E-state index in [4.69, 9.17) is 11.6 Å². The summed E-state index contributed by atoms with van der Waals surface area (Å²) in [5, 5.41) is 3.24. The van der Waals surface area contributed by atoms with Gasteiger partial charge in [-0.05, 0) is 18.1 Å². The van der Waals surface area contributed by atoms with E-state index in [1.54, 1.807) is 6.07 Å². The molecule has 16 heavy (non-hydrogen) atoms. The molecule has 0 radical (unpaired) electrons. The fourth-order valence-corrected chi connectivity index (χ4v) is 1.69. The van der Waals surface area contributed by atoms with Crippen LogP contribution in [0.4, 0.5) is 4.39 Å². The molecule has 1 nitrogen and oxygen atoms in total. The summed E-state index contributed by atoms with van der Waals surface area (Å²) in [5.74, 6) is 0.224. The molecular weight excluding hydrogens is 292 g/mol. The van der Waals surface area contributed by atoms with Gasteiger partial charge in [0.15, 0.2) is 0 Å². The van der Waals surface area contributed by atoms with Crippen molar-refractivity contribution in [3.05, 3.63) is 34.1 Å². The highest BCUT2D eigenvalue weighted by atomic mass is 79.9. The van der Waals surface area contributed by atoms with E-state index in [1.807, 2.05) is 6.07 Å². The Morgan fingerprint density at radius 3 is 2.69 bits per heavy atom. The van der Waals surface area contributed by atoms with Crippen molar-refractivity contribution in [2.45, 2.75) is 25.8 Å². The molecule has 0 aliphatic heterocycles. The number of rotatable bonds is 5. The Kier molecular flexibility index (Phi) is 5.73. The maximum absolute atomic E-state index is 13.4. The Bertz CT molecular complexity index is 344. The van der Waals surface area contributed by atoms with Crippen LogP contribution in [-0.2, 0) is 6.54 Å². The van der Waals surface area contributed by atoms with Gasteiger partial charge in [-0.3, -0.25) is 0 Å². The molecule has 4 heteroatoms. The van der Waals surface area contributed by atoms with Crippen LogP contribution in [0.25, 0.3) is 0 Å². The quantitative estimate of drug-likeness (QED) is 0.812. The van der Waals surface area contributed by atoms with E-state index >= 15 is 0 Å². The lowest BCUT2D eigenvalue weighted by molar-refractivity contribution is 0.534. The smallest absolute Gasteiger partial charge is 0.128 e. The first kappa shape index (κ1) is 13.9. The van der Waals surface area contributed by atoms with Crippen molar-refractivity contribution in [2.75, 3.05) is 6.54 Å². The fraction of sp³-hybridized carbons (Fsp3) is 0.500. The summed E-state index contributed by atoms with van der Waals surface area (Å²) in [6, 6.07) is 5.07. The molecule has 0 aromatic heterocycles. The Morgan fingerprint density at radius 1 is 1.44 bits per heavy atom. The summed E-state index contributed by atoms with van der Waals surface area (Å²) >= 11 is 9.31. The average molecular weight is 309 g/mol. The van der Waals surface area contributed by atoms with Crippen LogP contribution in [0.2, 0.25) is 0 Å². The minimum atomic E-state index is -0.197. The van der Waals surface area contributed by atoms with Gasteiger partial charge in [0.05, 0.1) is 0 Å². The summed E-state index contributed by atoms with van der Waals surface area (Å²) in [5.41, 5.74) is 0.663. The second-order valence-electron chi connectivity index (χ2n) is 4.13. The molecule has 90 valence electrons. The monoisotopic (exact) mass is 307 g/mol. The molecule has 0 spiro atoms. The molecule has 1 unspecified atom stereocenters. The van der Waals surface area contributed by atoms with Gasteiger partial charge in [0.25, 0.3) is 0 Å². The van der Waals surface area contributed by atoms with Crippen molar-refractivity contribution in [3.8, 4) is 0 Å². The number of hydrogen-bond acceptors (Lipinski definition) is 1. The lowest BCUT2D eigenvalue weighted by atomic mass is 10.1. The molecule has 0 fully saturated rings. The van der Waals surface area contributed by atoms with E-state index < -0.39 is 0 Å². The molecule has 0 amide bonds. The maximum atomic E-state index is 13.4. The van der Waals surface area contributed by atoms with Crippen molar-refractivity contribution in [2.24, 2.45) is 5.92 Å². The minimum Gasteiger partial charge on any atom is -0.311 e. The predicted molar refractivity (Wildman–Crippen MR) is 70.3 cm³/mol. The molecule has 0 saturated heterocycles. The fourth-order valence-electron chi connectivity index (χ4n) is 1.25. The molecule has 0 saturated carbocycles. The van der Waals surface area contributed by atoms with Gasteiger partial charge in [0, 0.05) is 28.5 Å². The van der Waals surface area contributed by atoms with E-state index in [1.165, 1.54) is 6.07 Å². The van der Waals surface area contributed by atoms with Crippen LogP contribution in [0.5, 0.6) is 0 Å². The van der Waals surface area contributed by atoms with Crippen molar-refractivity contribution in [1.29, 1.82) is 0 Å². The minimum absolute atomic E-state index is 0.0820. The molecule has 0 aliphatic rings. The van der Waals surface area contributed by atoms with Crippen LogP contribution in [-0.4, -0.2) is 11.9 Å². The molecule has 0 aliphatic carbocycles. The van der Waals surface area contributed by atoms with Crippen LogP contribution in [0, 0.1) is 11.7 Å². The Balaban J connectivity index is 2.43. The van der Waals surface area contributed by atoms with Gasteiger partial charge in [-0.15, -0.1) is 11.6 Å². The molecule has 1 aromatic rings. The highest BCUT2D eigenvalue weighted by Crippen LogP contribution is 2.15. The summed E-state index contributed by atoms with van der Waals surface area (Å²) in [6.07, 6.45) is 0. The van der Waals surface area contributed by atoms with Crippen LogP contribution >= 0.6 is 27.5 Å². The average Bonchev–Trinajstić information content (AvgIpc) is 2.20. The van der Waals surface area contributed by atoms with Crippen LogP contribution < -0.4 is 5.32 Å². The highest BCUT2D eigenvalue weighted by Gasteiger charge is 2.09. The number of alkyl halides is 1. The number of benzene rings is 1. The largest absolute Gasteiger partial charge is 0.311 e. The molecule has 1 aromatic carbocycles. The Morgan fingerprint density at radius 2 is 2.12 bits per heavy atom. The first-order valence-corrected chi connectivity index (χ1v) is 6.52. The maximum Gasteiger partial charge on any atom is 0.128 e. The molecular formula is C12H16BrClFN. The standard InChI is InChI=1S/C12H16BrClFN/c1-8(2)11(14)7-16-6-9-3-4-10(13)5-12(9)15/h3-5,8,11,16H,6-7H2,1-2H3. The summed E-state index contributed by atoms with van der Waals surface area (Å²) in [4.78, 5) is 0. The van der Waals surface area contributed by atoms with Crippen molar-refractivity contribution >= 4 is 27.5 Å². The molecule has 0 bridgehead atoms. The number of hydrogen-bond donors (Lipinski definition) is 1. The van der Waals surface area contributed by atoms with Crippen molar-refractivity contribution in [1.82, 2.24) is 5.32 Å². The zero-order valence-electron chi connectivity index (χ0n) is 9.43. The number of halogens is 3. The van der Waals surface area contributed by atoms with Crippen LogP contribution in [0.15, 0.2) is 22.7 Å². The predicted octanol–water partition coefficient (Wildman–Crippen LogP) is 3.94. The molecule has 1 N–H and O–H groups in total. The van der Waals surface area contributed by atoms with Gasteiger partial charge in [-0.25, -0.2) is 4.39 Å². The van der Waals surface area contributed by atoms with E-state index in [0.29, 0.717) is 24.6 Å². The third-order valence-electron chi connectivity index (χ3n) is 2.39. The zero-order valence-corrected chi connectivity index (χ0v) is 11.8. The highest BCUT2D eigenvalue weighted by molar-refractivity contribution is 9.10. The van der Waals surface area contributed by atoms with Gasteiger partial charge >= 0.3 is 0 Å². The van der Waals surface area contributed by atoms with Crippen LogP contribution in [0.1, 0.15) is 19.4 Å². The normalized spacial score (nSPS) is 13.1. The summed E-state index contributed by atoms with van der Waals surface area (Å²) in [6.45, 7) is 5.34. The van der Waals surface area contributed by atoms with Gasteiger partial charge in [-0.1, -0.05) is 35.8 Å². The lowest BCUT2D eigenvalue weighted by Crippen LogP contribution is -2.26. The second kappa shape index (κ2) is 6.58. The lowest BCUT2D eigenvalue weighted by Gasteiger charge is -2.14. The molecule has 1 rings (SSSR count). The summed E-state index contributed by atoms with van der Waals surface area (Å²) < 4.78 is 14.2. The third-order valence-corrected chi connectivity index (χ3v) is 3.54. The van der Waals surface area contributed by atoms with Crippen molar-refractivity contribution < 1.29 is 4.39 Å². The zero-order chi connectivity index (χ0) is 12.1. The Labute approximate surface area is 110 Å². The van der Waals surface area contributed by atoms with Gasteiger partial charge in [-0.2, -0.15) is 0 Å². The van der Waals surface area contributed by atoms with E-state index in [-0.39, 0.29) is 11.2 Å². The number of nitrogens with one attached hydrogen (secondary N) is 1. The van der Waals surface area contributed by atoms with Crippen molar-refractivity contribution in [3.63, 3.8) is 0 Å². The first-order chi connectivity index (χ1) is 7.50. The Hall–Kier alpha value is -0.120. The van der Waals surface area contributed by atoms with E-state index in [0.717, 1.165) is 4.47 Å². The van der Waals surface area contributed by atoms with E-state index in [2.05, 4.69) is 35.1 Å². The summed E-state index contributed by atoms with van der Waals surface area (Å²) in [7, 11) is 0. The first-order valence-electron chi connectivity index (χ1n) is 5.29. The molecule has 1 atom stereocenters. The van der Waals surface area contributed by atoms with E-state index in [9.17, 15) is 4.39 Å².